The first-order valence-corrected chi connectivity index (χ1v) is 8.29. The number of hydrogen-bond donors (Lipinski definition) is 2. The van der Waals surface area contributed by atoms with Crippen molar-refractivity contribution >= 4 is 28.6 Å². The molecule has 0 aliphatic carbocycles. The molecule has 2 N–H and O–H groups in total. The number of anilines is 2. The zero-order valence-corrected chi connectivity index (χ0v) is 14.5. The summed E-state index contributed by atoms with van der Waals surface area (Å²) >= 11 is 0. The highest BCUT2D eigenvalue weighted by molar-refractivity contribution is 6.05. The summed E-state index contributed by atoms with van der Waals surface area (Å²) < 4.78 is 15.8. The molecule has 136 valence electrons. The Bertz CT molecular complexity index is 942. The summed E-state index contributed by atoms with van der Waals surface area (Å²) in [5, 5.41) is 6.38. The first-order chi connectivity index (χ1) is 12.7. The summed E-state index contributed by atoms with van der Waals surface area (Å²) in [5.74, 6) is 1.11. The predicted molar refractivity (Wildman–Crippen MR) is 94.9 cm³/mol. The molecule has 1 saturated heterocycles. The van der Waals surface area contributed by atoms with Gasteiger partial charge in [-0.15, -0.1) is 0 Å². The number of morpholine rings is 1. The number of aromatic nitrogens is 3. The molecule has 0 unspecified atom stereocenters. The van der Waals surface area contributed by atoms with Crippen molar-refractivity contribution in [2.45, 2.75) is 6.92 Å². The molecule has 3 aromatic rings. The summed E-state index contributed by atoms with van der Waals surface area (Å²) in [6.45, 7) is 4.61. The number of ether oxygens (including phenoxy) is 2. The van der Waals surface area contributed by atoms with Gasteiger partial charge in [0.15, 0.2) is 0 Å². The molecule has 0 atom stereocenters. The van der Waals surface area contributed by atoms with E-state index in [-0.39, 0.29) is 5.91 Å². The summed E-state index contributed by atoms with van der Waals surface area (Å²) in [6, 6.07) is 3.87. The van der Waals surface area contributed by atoms with Gasteiger partial charge in [0.05, 0.1) is 32.2 Å². The second-order valence-electron chi connectivity index (χ2n) is 5.95. The highest BCUT2D eigenvalue weighted by Crippen LogP contribution is 2.33. The second-order valence-corrected chi connectivity index (χ2v) is 5.95. The fourth-order valence-electron chi connectivity index (χ4n) is 3.03. The van der Waals surface area contributed by atoms with Crippen LogP contribution in [0.2, 0.25) is 0 Å². The summed E-state index contributed by atoms with van der Waals surface area (Å²) in [7, 11) is 1.60. The smallest absolute Gasteiger partial charge is 0.263 e. The van der Waals surface area contributed by atoms with Gasteiger partial charge in [0.25, 0.3) is 5.91 Å². The van der Waals surface area contributed by atoms with E-state index in [1.165, 1.54) is 6.20 Å². The molecule has 1 aliphatic rings. The highest BCUT2D eigenvalue weighted by Gasteiger charge is 2.20. The van der Waals surface area contributed by atoms with Crippen LogP contribution in [0.5, 0.6) is 5.75 Å². The molecule has 0 saturated carbocycles. The topological polar surface area (TPSA) is 106 Å². The number of rotatable bonds is 4. The Hall–Kier alpha value is -3.07. The number of carbonyl (C=O) groups is 1. The van der Waals surface area contributed by atoms with Gasteiger partial charge < -0.3 is 23.9 Å². The Morgan fingerprint density at radius 3 is 2.85 bits per heavy atom. The number of nitrogens with one attached hydrogen (secondary N) is 2. The third kappa shape index (κ3) is 2.86. The third-order valence-electron chi connectivity index (χ3n) is 4.38. The number of hydrogen-bond acceptors (Lipinski definition) is 7. The highest BCUT2D eigenvalue weighted by atomic mass is 16.5. The van der Waals surface area contributed by atoms with Gasteiger partial charge in [0.1, 0.15) is 28.1 Å². The summed E-state index contributed by atoms with van der Waals surface area (Å²) in [4.78, 5) is 22.3. The number of fused-ring (bicyclic) bond motifs is 1. The Morgan fingerprint density at radius 2 is 2.15 bits per heavy atom. The van der Waals surface area contributed by atoms with E-state index in [1.54, 1.807) is 14.0 Å². The zero-order valence-electron chi connectivity index (χ0n) is 14.5. The van der Waals surface area contributed by atoms with Crippen LogP contribution in [-0.4, -0.2) is 54.4 Å². The molecule has 26 heavy (non-hydrogen) atoms. The van der Waals surface area contributed by atoms with Crippen molar-refractivity contribution in [3.8, 4) is 5.75 Å². The Balaban J connectivity index is 1.70. The van der Waals surface area contributed by atoms with Crippen molar-refractivity contribution in [2.75, 3.05) is 43.6 Å². The van der Waals surface area contributed by atoms with Crippen molar-refractivity contribution in [1.82, 2.24) is 15.1 Å². The number of carbonyl (C=O) groups excluding carboxylic acids is 1. The van der Waals surface area contributed by atoms with Crippen LogP contribution in [0.1, 0.15) is 16.1 Å². The van der Waals surface area contributed by atoms with Gasteiger partial charge in [0.2, 0.25) is 5.95 Å². The van der Waals surface area contributed by atoms with Crippen molar-refractivity contribution in [3.05, 3.63) is 29.7 Å². The lowest BCUT2D eigenvalue weighted by Crippen LogP contribution is -2.36. The fraction of sp³-hybridized carbons (Fsp3) is 0.353. The van der Waals surface area contributed by atoms with E-state index in [9.17, 15) is 4.79 Å². The average Bonchev–Trinajstić information content (AvgIpc) is 3.27. The number of amides is 1. The van der Waals surface area contributed by atoms with Crippen LogP contribution in [0.15, 0.2) is 22.9 Å². The molecule has 1 aromatic carbocycles. The van der Waals surface area contributed by atoms with E-state index >= 15 is 0 Å². The van der Waals surface area contributed by atoms with Gasteiger partial charge in [-0.25, -0.2) is 4.98 Å². The van der Waals surface area contributed by atoms with E-state index < -0.39 is 0 Å². The molecular formula is C17H19N5O4. The number of aromatic amines is 1. The number of aryl methyl sites for hydroxylation is 1. The standard InChI is InChI=1S/C17H19N5O4/c1-10-11(9-18-26-10)16(23)21-17-19-14-12(22-5-7-25-8-6-22)3-4-13(24-2)15(14)20-17/h3-4,9H,5-8H2,1-2H3,(H2,19,20,21,23). The van der Waals surface area contributed by atoms with Crippen LogP contribution in [0, 0.1) is 6.92 Å². The molecule has 2 aromatic heterocycles. The van der Waals surface area contributed by atoms with E-state index in [0.29, 0.717) is 36.2 Å². The zero-order chi connectivity index (χ0) is 18.1. The maximum Gasteiger partial charge on any atom is 0.263 e. The van der Waals surface area contributed by atoms with Gasteiger partial charge in [-0.05, 0) is 19.1 Å². The minimum Gasteiger partial charge on any atom is -0.494 e. The van der Waals surface area contributed by atoms with E-state index in [0.717, 1.165) is 29.8 Å². The summed E-state index contributed by atoms with van der Waals surface area (Å²) in [5.41, 5.74) is 2.81. The van der Waals surface area contributed by atoms with E-state index in [1.807, 2.05) is 12.1 Å². The maximum absolute atomic E-state index is 12.4. The van der Waals surface area contributed by atoms with Crippen LogP contribution in [0.25, 0.3) is 11.0 Å². The molecule has 9 nitrogen and oxygen atoms in total. The molecule has 4 rings (SSSR count). The number of methoxy groups -OCH3 is 1. The number of nitrogens with zero attached hydrogens (tertiary/aromatic N) is 3. The molecule has 0 spiro atoms. The van der Waals surface area contributed by atoms with Crippen LogP contribution >= 0.6 is 0 Å². The van der Waals surface area contributed by atoms with Crippen molar-refractivity contribution in [1.29, 1.82) is 0 Å². The molecule has 9 heteroatoms. The molecule has 3 heterocycles. The Labute approximate surface area is 149 Å². The van der Waals surface area contributed by atoms with Gasteiger partial charge in [-0.2, -0.15) is 0 Å². The van der Waals surface area contributed by atoms with Gasteiger partial charge >= 0.3 is 0 Å². The predicted octanol–water partition coefficient (Wildman–Crippen LogP) is 1.96. The lowest BCUT2D eigenvalue weighted by molar-refractivity contribution is 0.102. The van der Waals surface area contributed by atoms with Crippen molar-refractivity contribution in [3.63, 3.8) is 0 Å². The average molecular weight is 357 g/mol. The Kier molecular flexibility index (Phi) is 4.21. The maximum atomic E-state index is 12.4. The minimum atomic E-state index is -0.338. The van der Waals surface area contributed by atoms with Crippen LogP contribution in [0.3, 0.4) is 0 Å². The third-order valence-corrected chi connectivity index (χ3v) is 4.38. The SMILES string of the molecule is COc1ccc(N2CCOCC2)c2nc(NC(=O)c3cnoc3C)[nH]c12. The van der Waals surface area contributed by atoms with Gasteiger partial charge in [0, 0.05) is 13.1 Å². The van der Waals surface area contributed by atoms with Crippen molar-refractivity contribution < 1.29 is 18.8 Å². The molecule has 1 amide bonds. The fourth-order valence-corrected chi connectivity index (χ4v) is 3.03. The number of H-pyrrole nitrogens is 1. The molecule has 1 fully saturated rings. The first-order valence-electron chi connectivity index (χ1n) is 8.29. The van der Waals surface area contributed by atoms with E-state index in [2.05, 4.69) is 25.3 Å². The van der Waals surface area contributed by atoms with Gasteiger partial charge in [-0.1, -0.05) is 5.16 Å². The second kappa shape index (κ2) is 6.68. The quantitative estimate of drug-likeness (QED) is 0.735. The monoisotopic (exact) mass is 357 g/mol. The lowest BCUT2D eigenvalue weighted by atomic mass is 10.2. The van der Waals surface area contributed by atoms with Crippen LogP contribution < -0.4 is 15.0 Å². The normalized spacial score (nSPS) is 14.6. The molecule has 0 bridgehead atoms. The largest absolute Gasteiger partial charge is 0.494 e. The number of imidazole rings is 1. The van der Waals surface area contributed by atoms with Gasteiger partial charge in [-0.3, -0.25) is 10.1 Å². The van der Waals surface area contributed by atoms with Crippen LogP contribution in [0.4, 0.5) is 11.6 Å². The minimum absolute atomic E-state index is 0.338. The lowest BCUT2D eigenvalue weighted by Gasteiger charge is -2.29. The molecular weight excluding hydrogens is 338 g/mol. The Morgan fingerprint density at radius 1 is 1.35 bits per heavy atom. The first kappa shape index (κ1) is 16.4. The van der Waals surface area contributed by atoms with Crippen molar-refractivity contribution in [2.24, 2.45) is 0 Å². The number of benzene rings is 1. The molecule has 0 radical (unpaired) electrons. The molecule has 1 aliphatic heterocycles. The summed E-state index contributed by atoms with van der Waals surface area (Å²) in [6.07, 6.45) is 1.38. The van der Waals surface area contributed by atoms with E-state index in [4.69, 9.17) is 14.0 Å². The van der Waals surface area contributed by atoms with Crippen LogP contribution in [-0.2, 0) is 4.74 Å².